The van der Waals surface area contributed by atoms with E-state index in [2.05, 4.69) is 15.6 Å². The smallest absolute Gasteiger partial charge is 0.422 e. The highest BCUT2D eigenvalue weighted by Crippen LogP contribution is 2.22. The highest BCUT2D eigenvalue weighted by Gasteiger charge is 2.28. The van der Waals surface area contributed by atoms with Gasteiger partial charge in [0.1, 0.15) is 5.75 Å². The average molecular weight is 448 g/mol. The van der Waals surface area contributed by atoms with Crippen LogP contribution in [-0.4, -0.2) is 37.7 Å². The predicted molar refractivity (Wildman–Crippen MR) is 118 cm³/mol. The largest absolute Gasteiger partial charge is 0.484 e. The molecule has 0 radical (unpaired) electrons. The van der Waals surface area contributed by atoms with Crippen LogP contribution in [0.5, 0.6) is 5.75 Å². The van der Waals surface area contributed by atoms with Crippen LogP contribution < -0.4 is 20.3 Å². The highest BCUT2D eigenvalue weighted by atomic mass is 19.4. The summed E-state index contributed by atoms with van der Waals surface area (Å²) in [5, 5.41) is 6.43. The first kappa shape index (κ1) is 23.4. The van der Waals surface area contributed by atoms with Crippen LogP contribution in [0.3, 0.4) is 0 Å². The van der Waals surface area contributed by atoms with Crippen LogP contribution in [-0.2, 0) is 17.9 Å². The normalized spacial score (nSPS) is 14.6. The van der Waals surface area contributed by atoms with Gasteiger partial charge in [0.25, 0.3) is 0 Å². The Morgan fingerprint density at radius 3 is 2.34 bits per heavy atom. The Morgan fingerprint density at radius 1 is 1.06 bits per heavy atom. The van der Waals surface area contributed by atoms with Gasteiger partial charge < -0.3 is 20.3 Å². The number of guanidine groups is 1. The molecular weight excluding hydrogens is 421 g/mol. The fraction of sp³-hybridized carbons (Fsp3) is 0.391. The quantitative estimate of drug-likeness (QED) is 0.473. The Morgan fingerprint density at radius 2 is 1.75 bits per heavy atom. The summed E-state index contributed by atoms with van der Waals surface area (Å²) < 4.78 is 41.4. The standard InChI is InChI=1S/C23H27F3N4O2/c1-2-27-22(29-15-18-7-11-20(12-8-18)32-16-23(24,25)26)28-14-17-5-9-19(10-6-17)30-13-3-4-21(30)31/h5-12H,2-4,13-16H2,1H3,(H2,27,28,29). The van der Waals surface area contributed by atoms with Crippen molar-refractivity contribution in [3.05, 3.63) is 59.7 Å². The molecule has 0 bridgehead atoms. The van der Waals surface area contributed by atoms with Crippen molar-refractivity contribution in [1.82, 2.24) is 10.6 Å². The molecule has 0 aliphatic carbocycles. The molecule has 0 spiro atoms. The fourth-order valence-corrected chi connectivity index (χ4v) is 3.27. The number of benzene rings is 2. The zero-order chi connectivity index (χ0) is 23.0. The molecule has 6 nitrogen and oxygen atoms in total. The third-order valence-electron chi connectivity index (χ3n) is 4.87. The van der Waals surface area contributed by atoms with Crippen molar-refractivity contribution in [2.24, 2.45) is 4.99 Å². The summed E-state index contributed by atoms with van der Waals surface area (Å²) >= 11 is 0. The predicted octanol–water partition coefficient (Wildman–Crippen LogP) is 4.01. The van der Waals surface area contributed by atoms with Gasteiger partial charge in [0, 0.05) is 31.7 Å². The molecule has 1 amide bonds. The molecular formula is C23H27F3N4O2. The van der Waals surface area contributed by atoms with Crippen LogP contribution in [0.1, 0.15) is 30.9 Å². The Bertz CT molecular complexity index is 912. The third kappa shape index (κ3) is 7.18. The second kappa shape index (κ2) is 10.9. The van der Waals surface area contributed by atoms with Gasteiger partial charge in [-0.15, -0.1) is 0 Å². The molecule has 0 unspecified atom stereocenters. The molecule has 2 aromatic rings. The van der Waals surface area contributed by atoms with Crippen LogP contribution in [0, 0.1) is 0 Å². The lowest BCUT2D eigenvalue weighted by Gasteiger charge is -2.16. The Balaban J connectivity index is 1.53. The number of anilines is 1. The first-order valence-corrected chi connectivity index (χ1v) is 10.5. The summed E-state index contributed by atoms with van der Waals surface area (Å²) in [6, 6.07) is 14.3. The molecule has 1 saturated heterocycles. The number of carbonyl (C=O) groups excluding carboxylic acids is 1. The number of halogens is 3. The third-order valence-corrected chi connectivity index (χ3v) is 4.87. The summed E-state index contributed by atoms with van der Waals surface area (Å²) in [5.41, 5.74) is 2.82. The van der Waals surface area contributed by atoms with Gasteiger partial charge in [0.05, 0.1) is 6.54 Å². The second-order valence-corrected chi connectivity index (χ2v) is 7.41. The molecule has 0 aromatic heterocycles. The number of hydrogen-bond donors (Lipinski definition) is 2. The number of nitrogens with zero attached hydrogens (tertiary/aromatic N) is 2. The number of rotatable bonds is 8. The summed E-state index contributed by atoms with van der Waals surface area (Å²) in [6.07, 6.45) is -2.86. The number of aliphatic imine (C=N–C) groups is 1. The van der Waals surface area contributed by atoms with Gasteiger partial charge in [0.2, 0.25) is 5.91 Å². The second-order valence-electron chi connectivity index (χ2n) is 7.41. The lowest BCUT2D eigenvalue weighted by atomic mass is 10.2. The van der Waals surface area contributed by atoms with Gasteiger partial charge in [0.15, 0.2) is 12.6 Å². The van der Waals surface area contributed by atoms with Gasteiger partial charge in [-0.2, -0.15) is 13.2 Å². The van der Waals surface area contributed by atoms with Crippen molar-refractivity contribution in [3.8, 4) is 5.75 Å². The van der Waals surface area contributed by atoms with Crippen molar-refractivity contribution < 1.29 is 22.7 Å². The van der Waals surface area contributed by atoms with Crippen LogP contribution in [0.2, 0.25) is 0 Å². The number of alkyl halides is 3. The van der Waals surface area contributed by atoms with Crippen LogP contribution >= 0.6 is 0 Å². The van der Waals surface area contributed by atoms with E-state index in [9.17, 15) is 18.0 Å². The maximum Gasteiger partial charge on any atom is 0.422 e. The Kier molecular flexibility index (Phi) is 7.97. The van der Waals surface area contributed by atoms with Crippen molar-refractivity contribution in [3.63, 3.8) is 0 Å². The monoisotopic (exact) mass is 448 g/mol. The van der Waals surface area contributed by atoms with Gasteiger partial charge >= 0.3 is 6.18 Å². The lowest BCUT2D eigenvalue weighted by Crippen LogP contribution is -2.36. The van der Waals surface area contributed by atoms with E-state index in [1.165, 1.54) is 12.1 Å². The molecule has 1 aliphatic rings. The molecule has 3 rings (SSSR count). The van der Waals surface area contributed by atoms with Gasteiger partial charge in [-0.1, -0.05) is 24.3 Å². The Hall–Kier alpha value is -3.23. The summed E-state index contributed by atoms with van der Waals surface area (Å²) in [4.78, 5) is 18.2. The van der Waals surface area contributed by atoms with Crippen LogP contribution in [0.4, 0.5) is 18.9 Å². The molecule has 9 heteroatoms. The van der Waals surface area contributed by atoms with E-state index in [-0.39, 0.29) is 11.7 Å². The van der Waals surface area contributed by atoms with Crippen LogP contribution in [0.15, 0.2) is 53.5 Å². The van der Waals surface area contributed by atoms with E-state index >= 15 is 0 Å². The molecule has 1 heterocycles. The number of nitrogens with one attached hydrogen (secondary N) is 2. The van der Waals surface area contributed by atoms with Crippen molar-refractivity contribution in [2.45, 2.75) is 39.0 Å². The van der Waals surface area contributed by atoms with Crippen molar-refractivity contribution in [1.29, 1.82) is 0 Å². The average Bonchev–Trinajstić information content (AvgIpc) is 3.20. The number of ether oxygens (including phenoxy) is 1. The summed E-state index contributed by atoms with van der Waals surface area (Å²) in [6.45, 7) is 3.03. The summed E-state index contributed by atoms with van der Waals surface area (Å²) in [7, 11) is 0. The molecule has 172 valence electrons. The first-order chi connectivity index (χ1) is 15.3. The first-order valence-electron chi connectivity index (χ1n) is 10.5. The van der Waals surface area contributed by atoms with Crippen molar-refractivity contribution >= 4 is 17.6 Å². The molecule has 2 N–H and O–H groups in total. The van der Waals surface area contributed by atoms with Gasteiger partial charge in [-0.25, -0.2) is 4.99 Å². The van der Waals surface area contributed by atoms with Gasteiger partial charge in [-0.05, 0) is 48.7 Å². The van der Waals surface area contributed by atoms with E-state index in [1.54, 1.807) is 12.1 Å². The number of carbonyl (C=O) groups is 1. The minimum absolute atomic E-state index is 0.164. The van der Waals surface area contributed by atoms with E-state index < -0.39 is 12.8 Å². The van der Waals surface area contributed by atoms with E-state index in [0.29, 0.717) is 32.0 Å². The molecule has 0 atom stereocenters. The van der Waals surface area contributed by atoms with E-state index in [1.807, 2.05) is 36.1 Å². The molecule has 32 heavy (non-hydrogen) atoms. The molecule has 1 aliphatic heterocycles. The topological polar surface area (TPSA) is 66.0 Å². The van der Waals surface area contributed by atoms with E-state index in [0.717, 1.165) is 29.8 Å². The van der Waals surface area contributed by atoms with Gasteiger partial charge in [-0.3, -0.25) is 4.79 Å². The molecule has 2 aromatic carbocycles. The number of hydrogen-bond acceptors (Lipinski definition) is 3. The molecule has 0 saturated carbocycles. The van der Waals surface area contributed by atoms with Crippen LogP contribution in [0.25, 0.3) is 0 Å². The maximum absolute atomic E-state index is 12.2. The molecule has 1 fully saturated rings. The highest BCUT2D eigenvalue weighted by molar-refractivity contribution is 5.95. The zero-order valence-electron chi connectivity index (χ0n) is 17.9. The SMILES string of the molecule is CCNC(=NCc1ccc(OCC(F)(F)F)cc1)NCc1ccc(N2CCCC2=O)cc1. The summed E-state index contributed by atoms with van der Waals surface area (Å²) in [5.74, 6) is 0.959. The minimum Gasteiger partial charge on any atom is -0.484 e. The van der Waals surface area contributed by atoms with E-state index in [4.69, 9.17) is 4.74 Å². The fourth-order valence-electron chi connectivity index (χ4n) is 3.27. The number of amides is 1. The minimum atomic E-state index is -4.36. The lowest BCUT2D eigenvalue weighted by molar-refractivity contribution is -0.153. The Labute approximate surface area is 185 Å². The zero-order valence-corrected chi connectivity index (χ0v) is 17.9. The van der Waals surface area contributed by atoms with Crippen molar-refractivity contribution in [2.75, 3.05) is 24.6 Å². The maximum atomic E-state index is 12.2.